The van der Waals surface area contributed by atoms with E-state index in [4.69, 9.17) is 4.52 Å². The number of hydrogen-bond donors (Lipinski definition) is 1. The van der Waals surface area contributed by atoms with Crippen molar-refractivity contribution >= 4 is 0 Å². The molecule has 4 nitrogen and oxygen atoms in total. The van der Waals surface area contributed by atoms with Gasteiger partial charge in [0.1, 0.15) is 0 Å². The summed E-state index contributed by atoms with van der Waals surface area (Å²) in [5.41, 5.74) is 4.06. The highest BCUT2D eigenvalue weighted by atomic mass is 16.5. The van der Waals surface area contributed by atoms with Crippen LogP contribution in [-0.2, 0) is 0 Å². The second-order valence-electron chi connectivity index (χ2n) is 8.17. The van der Waals surface area contributed by atoms with Crippen LogP contribution in [0.2, 0.25) is 0 Å². The molecular formula is C22H32N2O2. The van der Waals surface area contributed by atoms with Crippen LogP contribution >= 0.6 is 0 Å². The van der Waals surface area contributed by atoms with Gasteiger partial charge in [-0.1, -0.05) is 69.2 Å². The molecule has 0 aliphatic heterocycles. The molecule has 0 aromatic carbocycles. The minimum absolute atomic E-state index is 0.0466. The Balaban J connectivity index is 2.01. The van der Waals surface area contributed by atoms with Crippen molar-refractivity contribution in [3.05, 3.63) is 63.5 Å². The summed E-state index contributed by atoms with van der Waals surface area (Å²) in [5, 5.41) is 2.25. The SMILES string of the molecule is CC1=C(/C=C/C(C)=C/C=C/C(C)C(C)c2nc(=O)[nH]o2)C(C)(C)CCC1. The summed E-state index contributed by atoms with van der Waals surface area (Å²) >= 11 is 0. The fourth-order valence-electron chi connectivity index (χ4n) is 3.49. The number of nitrogens with zero attached hydrogens (tertiary/aromatic N) is 1. The molecule has 1 aliphatic carbocycles. The second kappa shape index (κ2) is 8.52. The Morgan fingerprint density at radius 3 is 2.69 bits per heavy atom. The summed E-state index contributed by atoms with van der Waals surface area (Å²) in [5.74, 6) is 0.719. The van der Waals surface area contributed by atoms with E-state index < -0.39 is 5.69 Å². The number of rotatable bonds is 6. The van der Waals surface area contributed by atoms with Crippen molar-refractivity contribution in [1.29, 1.82) is 0 Å². The molecule has 0 amide bonds. The third kappa shape index (κ3) is 5.20. The highest BCUT2D eigenvalue weighted by Crippen LogP contribution is 2.40. The van der Waals surface area contributed by atoms with Crippen LogP contribution in [0.4, 0.5) is 0 Å². The number of hydrogen-bond acceptors (Lipinski definition) is 3. The quantitative estimate of drug-likeness (QED) is 0.666. The molecule has 4 heteroatoms. The van der Waals surface area contributed by atoms with Gasteiger partial charge in [0.2, 0.25) is 5.89 Å². The largest absolute Gasteiger partial charge is 0.377 e. The molecule has 2 rings (SSSR count). The van der Waals surface area contributed by atoms with E-state index >= 15 is 0 Å². The molecule has 0 radical (unpaired) electrons. The van der Waals surface area contributed by atoms with Crippen molar-refractivity contribution in [2.75, 3.05) is 0 Å². The maximum absolute atomic E-state index is 11.1. The van der Waals surface area contributed by atoms with Gasteiger partial charge in [-0.15, -0.1) is 0 Å². The Bertz CT molecular complexity index is 787. The van der Waals surface area contributed by atoms with Crippen molar-refractivity contribution < 1.29 is 4.52 Å². The van der Waals surface area contributed by atoms with Crippen molar-refractivity contribution in [1.82, 2.24) is 10.1 Å². The van der Waals surface area contributed by atoms with Gasteiger partial charge in [0, 0.05) is 5.92 Å². The van der Waals surface area contributed by atoms with Crippen LogP contribution in [0.3, 0.4) is 0 Å². The zero-order chi connectivity index (χ0) is 19.3. The lowest BCUT2D eigenvalue weighted by atomic mass is 9.72. The molecule has 26 heavy (non-hydrogen) atoms. The Kier molecular flexibility index (Phi) is 6.63. The lowest BCUT2D eigenvalue weighted by Crippen LogP contribution is -2.19. The van der Waals surface area contributed by atoms with Gasteiger partial charge in [-0.2, -0.15) is 10.1 Å². The molecule has 0 bridgehead atoms. The highest BCUT2D eigenvalue weighted by molar-refractivity contribution is 5.36. The summed E-state index contributed by atoms with van der Waals surface area (Å²) in [6.45, 7) is 13.2. The van der Waals surface area contributed by atoms with E-state index in [1.54, 1.807) is 0 Å². The topological polar surface area (TPSA) is 58.9 Å². The first-order valence-electron chi connectivity index (χ1n) is 9.49. The predicted molar refractivity (Wildman–Crippen MR) is 107 cm³/mol. The Labute approximate surface area is 156 Å². The van der Waals surface area contributed by atoms with Gasteiger partial charge in [-0.05, 0) is 50.0 Å². The Morgan fingerprint density at radius 2 is 2.08 bits per heavy atom. The van der Waals surface area contributed by atoms with Gasteiger partial charge in [0.15, 0.2) is 0 Å². The van der Waals surface area contributed by atoms with Crippen molar-refractivity contribution in [2.24, 2.45) is 11.3 Å². The molecule has 0 saturated carbocycles. The minimum Gasteiger partial charge on any atom is -0.362 e. The van der Waals surface area contributed by atoms with Crippen LogP contribution < -0.4 is 5.69 Å². The van der Waals surface area contributed by atoms with Crippen LogP contribution in [-0.4, -0.2) is 10.1 Å². The van der Waals surface area contributed by atoms with E-state index in [1.165, 1.54) is 36.0 Å². The summed E-state index contributed by atoms with van der Waals surface area (Å²) < 4.78 is 5.10. The lowest BCUT2D eigenvalue weighted by Gasteiger charge is -2.32. The van der Waals surface area contributed by atoms with Crippen LogP contribution in [0, 0.1) is 11.3 Å². The third-order valence-corrected chi connectivity index (χ3v) is 5.46. The zero-order valence-corrected chi connectivity index (χ0v) is 16.9. The molecule has 0 saturated heterocycles. The van der Waals surface area contributed by atoms with Gasteiger partial charge in [-0.25, -0.2) is 4.79 Å². The van der Waals surface area contributed by atoms with Crippen LogP contribution in [0.5, 0.6) is 0 Å². The fraction of sp³-hybridized carbons (Fsp3) is 0.545. The van der Waals surface area contributed by atoms with E-state index in [0.29, 0.717) is 5.89 Å². The average molecular weight is 357 g/mol. The van der Waals surface area contributed by atoms with E-state index in [9.17, 15) is 4.79 Å². The van der Waals surface area contributed by atoms with Crippen molar-refractivity contribution in [3.8, 4) is 0 Å². The first-order valence-corrected chi connectivity index (χ1v) is 9.49. The summed E-state index contributed by atoms with van der Waals surface area (Å²) in [6.07, 6.45) is 14.6. The van der Waals surface area contributed by atoms with E-state index in [2.05, 4.69) is 75.1 Å². The van der Waals surface area contributed by atoms with Crippen LogP contribution in [0.25, 0.3) is 0 Å². The smallest absolute Gasteiger partial charge is 0.362 e. The maximum Gasteiger partial charge on any atom is 0.377 e. The summed E-state index contributed by atoms with van der Waals surface area (Å²) in [4.78, 5) is 14.9. The standard InChI is InChI=1S/C22H32N2O2/c1-15(12-13-19-17(3)11-8-14-22(19,5)6)9-7-10-16(2)18(4)20-23-21(25)24-26-20/h7,9-10,12-13,16,18H,8,11,14H2,1-6H3,(H,24,25)/b10-7+,13-12+,15-9+. The van der Waals surface area contributed by atoms with Gasteiger partial charge >= 0.3 is 5.69 Å². The zero-order valence-electron chi connectivity index (χ0n) is 16.9. The average Bonchev–Trinajstić information content (AvgIpc) is 2.99. The van der Waals surface area contributed by atoms with Gasteiger partial charge in [0.25, 0.3) is 0 Å². The summed E-state index contributed by atoms with van der Waals surface area (Å²) in [7, 11) is 0. The normalized spacial score (nSPS) is 20.9. The minimum atomic E-state index is -0.431. The molecule has 0 fully saturated rings. The van der Waals surface area contributed by atoms with Crippen LogP contribution in [0.1, 0.15) is 72.6 Å². The lowest BCUT2D eigenvalue weighted by molar-refractivity contribution is 0.338. The number of allylic oxidation sites excluding steroid dienone is 8. The van der Waals surface area contributed by atoms with Gasteiger partial charge in [-0.3, -0.25) is 0 Å². The van der Waals surface area contributed by atoms with Crippen molar-refractivity contribution in [2.45, 2.75) is 66.7 Å². The fourth-order valence-corrected chi connectivity index (χ4v) is 3.49. The molecule has 2 atom stereocenters. The third-order valence-electron chi connectivity index (χ3n) is 5.46. The van der Waals surface area contributed by atoms with Crippen LogP contribution in [0.15, 0.2) is 56.4 Å². The monoisotopic (exact) mass is 356 g/mol. The Morgan fingerprint density at radius 1 is 1.35 bits per heavy atom. The molecule has 1 heterocycles. The number of nitrogens with one attached hydrogen (secondary N) is 1. The predicted octanol–water partition coefficient (Wildman–Crippen LogP) is 5.69. The molecule has 2 unspecified atom stereocenters. The number of aromatic amines is 1. The van der Waals surface area contributed by atoms with E-state index in [0.717, 1.165) is 0 Å². The van der Waals surface area contributed by atoms with Gasteiger partial charge in [0.05, 0.1) is 0 Å². The number of H-pyrrole nitrogens is 1. The molecule has 0 spiro atoms. The molecule has 1 aromatic rings. The molecule has 1 aliphatic rings. The first-order chi connectivity index (χ1) is 12.2. The molecule has 1 N–H and O–H groups in total. The second-order valence-corrected chi connectivity index (χ2v) is 8.17. The summed E-state index contributed by atoms with van der Waals surface area (Å²) in [6, 6.07) is 0. The maximum atomic E-state index is 11.1. The van der Waals surface area contributed by atoms with E-state index in [-0.39, 0.29) is 17.3 Å². The Hall–Kier alpha value is -2.10. The van der Waals surface area contributed by atoms with Gasteiger partial charge < -0.3 is 4.52 Å². The molecular weight excluding hydrogens is 324 g/mol. The molecule has 142 valence electrons. The highest BCUT2D eigenvalue weighted by Gasteiger charge is 2.26. The first kappa shape index (κ1) is 20.2. The van der Waals surface area contributed by atoms with E-state index in [1.807, 2.05) is 6.92 Å². The molecule has 1 aromatic heterocycles. The number of aromatic nitrogens is 2. The van der Waals surface area contributed by atoms with Crippen molar-refractivity contribution in [3.63, 3.8) is 0 Å².